The quantitative estimate of drug-likeness (QED) is 0.749. The predicted molar refractivity (Wildman–Crippen MR) is 113 cm³/mol. The number of methoxy groups -OCH3 is 2. The fourth-order valence-corrected chi connectivity index (χ4v) is 3.69. The molecule has 0 fully saturated rings. The Morgan fingerprint density at radius 1 is 1.14 bits per heavy atom. The summed E-state index contributed by atoms with van der Waals surface area (Å²) in [7, 11) is 7.23. The molecule has 1 amide bonds. The molecular formula is C23H30N2O4. The Hall–Kier alpha value is -2.73. The van der Waals surface area contributed by atoms with Crippen molar-refractivity contribution in [3.05, 3.63) is 53.1 Å². The van der Waals surface area contributed by atoms with Crippen molar-refractivity contribution in [1.82, 2.24) is 9.80 Å². The zero-order valence-electron chi connectivity index (χ0n) is 17.9. The maximum absolute atomic E-state index is 13.3. The summed E-state index contributed by atoms with van der Waals surface area (Å²) >= 11 is 0. The highest BCUT2D eigenvalue weighted by molar-refractivity contribution is 5.79. The van der Waals surface area contributed by atoms with E-state index in [9.17, 15) is 4.79 Å². The van der Waals surface area contributed by atoms with Crippen LogP contribution in [0.2, 0.25) is 0 Å². The molecule has 6 nitrogen and oxygen atoms in total. The minimum atomic E-state index is -0.0228. The van der Waals surface area contributed by atoms with E-state index in [1.54, 1.807) is 14.2 Å². The largest absolute Gasteiger partial charge is 0.493 e. The number of ether oxygens (including phenoxy) is 3. The molecule has 6 heteroatoms. The fraction of sp³-hybridized carbons (Fsp3) is 0.435. The third-order valence-corrected chi connectivity index (χ3v) is 5.13. The molecule has 1 aliphatic rings. The van der Waals surface area contributed by atoms with Gasteiger partial charge in [-0.2, -0.15) is 0 Å². The third-order valence-electron chi connectivity index (χ3n) is 5.13. The first-order chi connectivity index (χ1) is 13.9. The second kappa shape index (κ2) is 9.18. The molecule has 2 aromatic rings. The number of rotatable bonds is 6. The van der Waals surface area contributed by atoms with Crippen LogP contribution in [0.4, 0.5) is 0 Å². The van der Waals surface area contributed by atoms with Gasteiger partial charge < -0.3 is 24.0 Å². The van der Waals surface area contributed by atoms with Crippen molar-refractivity contribution in [1.29, 1.82) is 0 Å². The first-order valence-electron chi connectivity index (χ1n) is 9.78. The van der Waals surface area contributed by atoms with Crippen LogP contribution in [-0.2, 0) is 17.8 Å². The van der Waals surface area contributed by atoms with Crippen LogP contribution in [0.25, 0.3) is 0 Å². The zero-order chi connectivity index (χ0) is 21.0. The number of fused-ring (bicyclic) bond motifs is 1. The number of carbonyl (C=O) groups excluding carboxylic acids is 1. The molecular weight excluding hydrogens is 368 g/mol. The lowest BCUT2D eigenvalue weighted by Gasteiger charge is -2.31. The van der Waals surface area contributed by atoms with E-state index in [0.29, 0.717) is 31.1 Å². The summed E-state index contributed by atoms with van der Waals surface area (Å²) in [5.74, 6) is 2.22. The summed E-state index contributed by atoms with van der Waals surface area (Å²) < 4.78 is 16.7. The summed E-state index contributed by atoms with van der Waals surface area (Å²) in [5.41, 5.74) is 3.10. The number of aryl methyl sites for hydroxylation is 1. The van der Waals surface area contributed by atoms with Gasteiger partial charge in [-0.3, -0.25) is 4.79 Å². The minimum absolute atomic E-state index is 0.0228. The monoisotopic (exact) mass is 398 g/mol. The average Bonchev–Trinajstić information content (AvgIpc) is 2.86. The SMILES string of the molecule is COc1ccc(CC(=O)N2Cc3cc(C)ccc3OCC2CN(C)C)cc1OC. The fourth-order valence-electron chi connectivity index (χ4n) is 3.69. The molecule has 1 unspecified atom stereocenters. The topological polar surface area (TPSA) is 51.2 Å². The lowest BCUT2D eigenvalue weighted by Crippen LogP contribution is -2.47. The van der Waals surface area contributed by atoms with Crippen molar-refractivity contribution in [2.45, 2.75) is 25.9 Å². The predicted octanol–water partition coefficient (Wildman–Crippen LogP) is 2.91. The van der Waals surface area contributed by atoms with E-state index in [1.165, 1.54) is 0 Å². The molecule has 0 radical (unpaired) electrons. The number of carbonyl (C=O) groups is 1. The Kier molecular flexibility index (Phi) is 6.64. The van der Waals surface area contributed by atoms with Gasteiger partial charge in [-0.05, 0) is 44.8 Å². The van der Waals surface area contributed by atoms with E-state index in [-0.39, 0.29) is 11.9 Å². The van der Waals surface area contributed by atoms with E-state index in [4.69, 9.17) is 14.2 Å². The van der Waals surface area contributed by atoms with Crippen LogP contribution in [-0.4, -0.2) is 63.2 Å². The van der Waals surface area contributed by atoms with Crippen LogP contribution in [0, 0.1) is 6.92 Å². The van der Waals surface area contributed by atoms with Gasteiger partial charge in [0.2, 0.25) is 5.91 Å². The summed E-state index contributed by atoms with van der Waals surface area (Å²) in [6.07, 6.45) is 0.297. The summed E-state index contributed by atoms with van der Waals surface area (Å²) in [5, 5.41) is 0. The maximum atomic E-state index is 13.3. The van der Waals surface area contributed by atoms with Crippen molar-refractivity contribution < 1.29 is 19.0 Å². The minimum Gasteiger partial charge on any atom is -0.493 e. The summed E-state index contributed by atoms with van der Waals surface area (Å²) in [6.45, 7) is 3.82. The van der Waals surface area contributed by atoms with Crippen LogP contribution < -0.4 is 14.2 Å². The standard InChI is InChI=1S/C23H30N2O4/c1-16-6-8-20-18(10-16)13-25(19(15-29-20)14-24(2)3)23(26)12-17-7-9-21(27-4)22(11-17)28-5/h6-11,19H,12-15H2,1-5H3. The molecule has 156 valence electrons. The van der Waals surface area contributed by atoms with Gasteiger partial charge in [0.15, 0.2) is 11.5 Å². The molecule has 1 heterocycles. The number of nitrogens with zero attached hydrogens (tertiary/aromatic N) is 2. The lowest BCUT2D eigenvalue weighted by molar-refractivity contribution is -0.134. The number of likely N-dealkylation sites (N-methyl/N-ethyl adjacent to an activating group) is 1. The first kappa shape index (κ1) is 21.0. The van der Waals surface area contributed by atoms with Gasteiger partial charge in [0.05, 0.1) is 26.7 Å². The van der Waals surface area contributed by atoms with Gasteiger partial charge in [0.1, 0.15) is 12.4 Å². The molecule has 2 aromatic carbocycles. The molecule has 0 spiro atoms. The number of benzene rings is 2. The molecule has 0 aromatic heterocycles. The Morgan fingerprint density at radius 3 is 2.59 bits per heavy atom. The number of hydrogen-bond acceptors (Lipinski definition) is 5. The van der Waals surface area contributed by atoms with Crippen molar-refractivity contribution in [3.63, 3.8) is 0 Å². The maximum Gasteiger partial charge on any atom is 0.227 e. The highest BCUT2D eigenvalue weighted by Crippen LogP contribution is 2.29. The Balaban J connectivity index is 1.86. The van der Waals surface area contributed by atoms with Gasteiger partial charge in [-0.25, -0.2) is 0 Å². The van der Waals surface area contributed by atoms with Crippen molar-refractivity contribution in [2.24, 2.45) is 0 Å². The Morgan fingerprint density at radius 2 is 1.90 bits per heavy atom. The van der Waals surface area contributed by atoms with Gasteiger partial charge in [0, 0.05) is 18.7 Å². The first-order valence-corrected chi connectivity index (χ1v) is 9.78. The normalized spacial score (nSPS) is 16.1. The molecule has 0 bridgehead atoms. The van der Waals surface area contributed by atoms with Crippen LogP contribution in [0.1, 0.15) is 16.7 Å². The van der Waals surface area contributed by atoms with E-state index < -0.39 is 0 Å². The molecule has 0 aliphatic carbocycles. The summed E-state index contributed by atoms with van der Waals surface area (Å²) in [4.78, 5) is 17.4. The van der Waals surface area contributed by atoms with Crippen LogP contribution in [0.5, 0.6) is 17.2 Å². The Labute approximate surface area is 173 Å². The molecule has 1 aliphatic heterocycles. The zero-order valence-corrected chi connectivity index (χ0v) is 17.9. The van der Waals surface area contributed by atoms with Crippen molar-refractivity contribution in [3.8, 4) is 17.2 Å². The summed E-state index contributed by atoms with van der Waals surface area (Å²) in [6, 6.07) is 11.7. The molecule has 29 heavy (non-hydrogen) atoms. The second-order valence-electron chi connectivity index (χ2n) is 7.73. The smallest absolute Gasteiger partial charge is 0.227 e. The van der Waals surface area contributed by atoms with Gasteiger partial charge in [0.25, 0.3) is 0 Å². The molecule has 1 atom stereocenters. The molecule has 0 saturated heterocycles. The molecule has 3 rings (SSSR count). The third kappa shape index (κ3) is 5.01. The highest BCUT2D eigenvalue weighted by Gasteiger charge is 2.29. The van der Waals surface area contributed by atoms with E-state index in [0.717, 1.165) is 29.0 Å². The van der Waals surface area contributed by atoms with Crippen LogP contribution >= 0.6 is 0 Å². The Bertz CT molecular complexity index is 866. The van der Waals surface area contributed by atoms with E-state index in [1.807, 2.05) is 49.3 Å². The van der Waals surface area contributed by atoms with Gasteiger partial charge in [-0.15, -0.1) is 0 Å². The highest BCUT2D eigenvalue weighted by atomic mass is 16.5. The van der Waals surface area contributed by atoms with Crippen LogP contribution in [0.15, 0.2) is 36.4 Å². The molecule has 0 saturated carbocycles. The number of amides is 1. The van der Waals surface area contributed by atoms with Crippen molar-refractivity contribution in [2.75, 3.05) is 41.5 Å². The van der Waals surface area contributed by atoms with Gasteiger partial charge in [-0.1, -0.05) is 23.8 Å². The van der Waals surface area contributed by atoms with Crippen LogP contribution in [0.3, 0.4) is 0 Å². The van der Waals surface area contributed by atoms with E-state index >= 15 is 0 Å². The number of hydrogen-bond donors (Lipinski definition) is 0. The lowest BCUT2D eigenvalue weighted by atomic mass is 10.1. The average molecular weight is 399 g/mol. The van der Waals surface area contributed by atoms with E-state index in [2.05, 4.69) is 17.9 Å². The van der Waals surface area contributed by atoms with Crippen molar-refractivity contribution >= 4 is 5.91 Å². The second-order valence-corrected chi connectivity index (χ2v) is 7.73. The molecule has 0 N–H and O–H groups in total. The van der Waals surface area contributed by atoms with Gasteiger partial charge >= 0.3 is 0 Å².